The Bertz CT molecular complexity index is 555. The molecule has 1 N–H and O–H groups in total. The average Bonchev–Trinajstić information content (AvgIpc) is 2.43. The Morgan fingerprint density at radius 2 is 1.81 bits per heavy atom. The molecular formula is C15H16F3NO2. The summed E-state index contributed by atoms with van der Waals surface area (Å²) >= 11 is 0. The molecule has 2 aliphatic rings. The van der Waals surface area contributed by atoms with Gasteiger partial charge in [0.1, 0.15) is 0 Å². The lowest BCUT2D eigenvalue weighted by Crippen LogP contribution is -2.51. The number of amides is 1. The minimum absolute atomic E-state index is 0.0757. The number of hydrogen-bond donors (Lipinski definition) is 1. The monoisotopic (exact) mass is 299 g/mol. The number of piperidine rings is 2. The highest BCUT2D eigenvalue weighted by Crippen LogP contribution is 2.39. The number of benzene rings is 1. The number of halogens is 3. The van der Waals surface area contributed by atoms with E-state index in [4.69, 9.17) is 0 Å². The van der Waals surface area contributed by atoms with E-state index >= 15 is 0 Å². The molecule has 0 spiro atoms. The number of carbonyl (C=O) groups is 1. The summed E-state index contributed by atoms with van der Waals surface area (Å²) in [4.78, 5) is 13.8. The molecule has 3 atom stereocenters. The van der Waals surface area contributed by atoms with Crippen molar-refractivity contribution in [1.29, 1.82) is 0 Å². The summed E-state index contributed by atoms with van der Waals surface area (Å²) in [6.45, 7) is 0. The van der Waals surface area contributed by atoms with E-state index in [2.05, 4.69) is 0 Å². The van der Waals surface area contributed by atoms with E-state index in [0.29, 0.717) is 12.8 Å². The largest absolute Gasteiger partial charge is 0.393 e. The average molecular weight is 299 g/mol. The molecule has 2 fully saturated rings. The smallest absolute Gasteiger partial charge is 0.223 e. The van der Waals surface area contributed by atoms with Gasteiger partial charge in [0.25, 0.3) is 0 Å². The molecule has 3 rings (SSSR count). The molecule has 6 heteroatoms. The number of hydrogen-bond acceptors (Lipinski definition) is 2. The van der Waals surface area contributed by atoms with Crippen LogP contribution in [0.3, 0.4) is 0 Å². The topological polar surface area (TPSA) is 40.5 Å². The predicted molar refractivity (Wildman–Crippen MR) is 68.8 cm³/mol. The number of fused-ring (bicyclic) bond motifs is 1. The van der Waals surface area contributed by atoms with Gasteiger partial charge in [-0.3, -0.25) is 4.79 Å². The van der Waals surface area contributed by atoms with Gasteiger partial charge in [0, 0.05) is 12.5 Å². The quantitative estimate of drug-likeness (QED) is 0.810. The maximum Gasteiger partial charge on any atom is 0.223 e. The molecule has 1 aromatic carbocycles. The van der Waals surface area contributed by atoms with Crippen molar-refractivity contribution in [1.82, 2.24) is 4.90 Å². The van der Waals surface area contributed by atoms with E-state index in [1.807, 2.05) is 0 Å². The molecule has 0 aliphatic carbocycles. The number of rotatable bonds is 1. The van der Waals surface area contributed by atoms with Gasteiger partial charge in [-0.25, -0.2) is 13.2 Å². The minimum atomic E-state index is -1.52. The summed E-state index contributed by atoms with van der Waals surface area (Å²) in [6.07, 6.45) is 1.99. The Labute approximate surface area is 120 Å². The summed E-state index contributed by atoms with van der Waals surface area (Å²) < 4.78 is 39.9. The molecule has 3 nitrogen and oxygen atoms in total. The summed E-state index contributed by atoms with van der Waals surface area (Å²) in [6, 6.07) is 1.12. The Kier molecular flexibility index (Phi) is 3.65. The molecule has 114 valence electrons. The van der Waals surface area contributed by atoms with Crippen LogP contribution in [0.4, 0.5) is 13.2 Å². The fourth-order valence-electron chi connectivity index (χ4n) is 3.47. The van der Waals surface area contributed by atoms with E-state index in [0.717, 1.165) is 25.0 Å². The normalized spacial score (nSPS) is 29.4. The molecule has 2 saturated heterocycles. The zero-order valence-corrected chi connectivity index (χ0v) is 11.4. The van der Waals surface area contributed by atoms with Crippen molar-refractivity contribution in [2.75, 3.05) is 0 Å². The van der Waals surface area contributed by atoms with Gasteiger partial charge in [-0.2, -0.15) is 0 Å². The van der Waals surface area contributed by atoms with Gasteiger partial charge < -0.3 is 10.0 Å². The van der Waals surface area contributed by atoms with Gasteiger partial charge in [0.2, 0.25) is 5.91 Å². The lowest BCUT2D eigenvalue weighted by molar-refractivity contribution is -0.145. The van der Waals surface area contributed by atoms with Crippen LogP contribution in [0.2, 0.25) is 0 Å². The van der Waals surface area contributed by atoms with Crippen LogP contribution < -0.4 is 0 Å². The van der Waals surface area contributed by atoms with Gasteiger partial charge in [-0.1, -0.05) is 0 Å². The summed E-state index contributed by atoms with van der Waals surface area (Å²) in [5.74, 6) is -4.14. The van der Waals surface area contributed by atoms with E-state index in [-0.39, 0.29) is 23.9 Å². The second-order valence-electron chi connectivity index (χ2n) is 5.79. The SMILES string of the molecule is O=C1CCCC2CC(O)CC(c3cc(F)c(F)c(F)c3)N12. The van der Waals surface area contributed by atoms with Crippen molar-refractivity contribution >= 4 is 5.91 Å². The minimum Gasteiger partial charge on any atom is -0.393 e. The lowest BCUT2D eigenvalue weighted by Gasteiger charge is -2.46. The molecule has 0 saturated carbocycles. The molecule has 1 amide bonds. The number of aliphatic hydroxyl groups excluding tert-OH is 1. The summed E-state index contributed by atoms with van der Waals surface area (Å²) in [7, 11) is 0. The molecule has 3 unspecified atom stereocenters. The van der Waals surface area contributed by atoms with Gasteiger partial charge in [-0.15, -0.1) is 0 Å². The van der Waals surface area contributed by atoms with Crippen LogP contribution in [0, 0.1) is 17.5 Å². The van der Waals surface area contributed by atoms with Crippen molar-refractivity contribution in [3.05, 3.63) is 35.1 Å². The van der Waals surface area contributed by atoms with Gasteiger partial charge in [0.05, 0.1) is 12.1 Å². The maximum atomic E-state index is 13.4. The van der Waals surface area contributed by atoms with E-state index in [1.54, 1.807) is 4.90 Å². The highest BCUT2D eigenvalue weighted by atomic mass is 19.2. The van der Waals surface area contributed by atoms with Crippen LogP contribution in [-0.2, 0) is 4.79 Å². The van der Waals surface area contributed by atoms with Gasteiger partial charge in [-0.05, 0) is 43.4 Å². The van der Waals surface area contributed by atoms with Crippen LogP contribution in [0.1, 0.15) is 43.7 Å². The van der Waals surface area contributed by atoms with Crippen molar-refractivity contribution < 1.29 is 23.1 Å². The van der Waals surface area contributed by atoms with Crippen molar-refractivity contribution in [3.8, 4) is 0 Å². The van der Waals surface area contributed by atoms with Crippen molar-refractivity contribution in [2.24, 2.45) is 0 Å². The molecule has 0 radical (unpaired) electrons. The molecule has 2 heterocycles. The third-order valence-corrected chi connectivity index (χ3v) is 4.38. The molecule has 0 bridgehead atoms. The first-order chi connectivity index (χ1) is 9.97. The summed E-state index contributed by atoms with van der Waals surface area (Å²) in [5, 5.41) is 9.96. The van der Waals surface area contributed by atoms with Gasteiger partial charge in [0.15, 0.2) is 17.5 Å². The van der Waals surface area contributed by atoms with Crippen molar-refractivity contribution in [3.63, 3.8) is 0 Å². The Morgan fingerprint density at radius 3 is 2.48 bits per heavy atom. The Balaban J connectivity index is 2.00. The van der Waals surface area contributed by atoms with Crippen molar-refractivity contribution in [2.45, 2.75) is 50.3 Å². The zero-order valence-electron chi connectivity index (χ0n) is 11.4. The first-order valence-corrected chi connectivity index (χ1v) is 7.11. The first kappa shape index (κ1) is 14.4. The molecule has 2 aliphatic heterocycles. The van der Waals surface area contributed by atoms with Crippen LogP contribution in [-0.4, -0.2) is 28.1 Å². The fourth-order valence-corrected chi connectivity index (χ4v) is 3.47. The highest BCUT2D eigenvalue weighted by molar-refractivity contribution is 5.78. The third kappa shape index (κ3) is 2.52. The van der Waals surface area contributed by atoms with Crippen LogP contribution >= 0.6 is 0 Å². The first-order valence-electron chi connectivity index (χ1n) is 7.11. The van der Waals surface area contributed by atoms with E-state index in [9.17, 15) is 23.1 Å². The molecule has 0 aromatic heterocycles. The Hall–Kier alpha value is -1.56. The number of nitrogens with zero attached hydrogens (tertiary/aromatic N) is 1. The standard InChI is InChI=1S/C15H16F3NO2/c16-11-4-8(5-12(17)15(11)18)13-7-10(20)6-9-2-1-3-14(21)19(9)13/h4-5,9-10,13,20H,1-3,6-7H2. The fraction of sp³-hybridized carbons (Fsp3) is 0.533. The molecule has 1 aromatic rings. The predicted octanol–water partition coefficient (Wildman–Crippen LogP) is 2.68. The molecule has 21 heavy (non-hydrogen) atoms. The highest BCUT2D eigenvalue weighted by Gasteiger charge is 2.40. The second-order valence-corrected chi connectivity index (χ2v) is 5.79. The van der Waals surface area contributed by atoms with Gasteiger partial charge >= 0.3 is 0 Å². The number of aliphatic hydroxyl groups is 1. The van der Waals surface area contributed by atoms with E-state index < -0.39 is 29.6 Å². The Morgan fingerprint density at radius 1 is 1.14 bits per heavy atom. The second kappa shape index (κ2) is 5.33. The van der Waals surface area contributed by atoms with Crippen LogP contribution in [0.15, 0.2) is 12.1 Å². The van der Waals surface area contributed by atoms with Crippen LogP contribution in [0.25, 0.3) is 0 Å². The summed E-state index contributed by atoms with van der Waals surface area (Å²) in [5.41, 5.74) is 0.199. The zero-order chi connectivity index (χ0) is 15.1. The molecular weight excluding hydrogens is 283 g/mol. The maximum absolute atomic E-state index is 13.4. The number of carbonyl (C=O) groups excluding carboxylic acids is 1. The lowest BCUT2D eigenvalue weighted by atomic mass is 9.84. The van der Waals surface area contributed by atoms with Crippen LogP contribution in [0.5, 0.6) is 0 Å². The van der Waals surface area contributed by atoms with E-state index in [1.165, 1.54) is 0 Å². The third-order valence-electron chi connectivity index (χ3n) is 4.38.